The Bertz CT molecular complexity index is 393. The minimum Gasteiger partial charge on any atom is -0.495 e. The van der Waals surface area contributed by atoms with Crippen molar-refractivity contribution in [2.45, 2.75) is 26.2 Å². The molecule has 80 valence electrons. The van der Waals surface area contributed by atoms with Crippen molar-refractivity contribution in [3.8, 4) is 11.8 Å². The SMILES string of the molecule is COc1c(Cl)cc(CC#N)cc1C(C)C. The fraction of sp³-hybridized carbons (Fsp3) is 0.417. The molecule has 0 aromatic heterocycles. The van der Waals surface area contributed by atoms with Crippen molar-refractivity contribution in [3.63, 3.8) is 0 Å². The molecule has 0 atom stereocenters. The van der Waals surface area contributed by atoms with Crippen LogP contribution in [-0.2, 0) is 6.42 Å². The Labute approximate surface area is 95.4 Å². The van der Waals surface area contributed by atoms with Gasteiger partial charge in [0.2, 0.25) is 0 Å². The fourth-order valence-electron chi connectivity index (χ4n) is 1.51. The lowest BCUT2D eigenvalue weighted by Crippen LogP contribution is -1.97. The predicted molar refractivity (Wildman–Crippen MR) is 61.4 cm³/mol. The highest BCUT2D eigenvalue weighted by Crippen LogP contribution is 2.34. The summed E-state index contributed by atoms with van der Waals surface area (Å²) >= 11 is 6.08. The van der Waals surface area contributed by atoms with Crippen LogP contribution in [0.5, 0.6) is 5.75 Å². The molecular weight excluding hydrogens is 210 g/mol. The van der Waals surface area contributed by atoms with E-state index >= 15 is 0 Å². The van der Waals surface area contributed by atoms with Crippen LogP contribution in [0, 0.1) is 11.3 Å². The van der Waals surface area contributed by atoms with Gasteiger partial charge in [-0.1, -0.05) is 31.5 Å². The maximum atomic E-state index is 8.64. The third-order valence-corrected chi connectivity index (χ3v) is 2.52. The molecule has 3 heteroatoms. The van der Waals surface area contributed by atoms with Gasteiger partial charge in [-0.05, 0) is 23.1 Å². The molecule has 0 saturated carbocycles. The Kier molecular flexibility index (Phi) is 3.99. The lowest BCUT2D eigenvalue weighted by Gasteiger charge is -2.14. The van der Waals surface area contributed by atoms with Crippen LogP contribution in [0.4, 0.5) is 0 Å². The molecule has 15 heavy (non-hydrogen) atoms. The van der Waals surface area contributed by atoms with Crippen LogP contribution in [-0.4, -0.2) is 7.11 Å². The van der Waals surface area contributed by atoms with Gasteiger partial charge >= 0.3 is 0 Å². The van der Waals surface area contributed by atoms with Crippen molar-refractivity contribution < 1.29 is 4.74 Å². The van der Waals surface area contributed by atoms with Crippen molar-refractivity contribution in [2.24, 2.45) is 0 Å². The van der Waals surface area contributed by atoms with Crippen molar-refractivity contribution >= 4 is 11.6 Å². The maximum absolute atomic E-state index is 8.64. The Morgan fingerprint density at radius 3 is 2.60 bits per heavy atom. The zero-order valence-electron chi connectivity index (χ0n) is 9.17. The first-order chi connectivity index (χ1) is 7.10. The Balaban J connectivity index is 3.27. The second kappa shape index (κ2) is 5.04. The van der Waals surface area contributed by atoms with E-state index in [1.807, 2.05) is 6.07 Å². The lowest BCUT2D eigenvalue weighted by molar-refractivity contribution is 0.407. The maximum Gasteiger partial charge on any atom is 0.140 e. The quantitative estimate of drug-likeness (QED) is 0.785. The molecule has 1 aromatic rings. The standard InChI is InChI=1S/C12H14ClNO/c1-8(2)10-6-9(4-5-14)7-11(13)12(10)15-3/h6-8H,4H2,1-3H3. The van der Waals surface area contributed by atoms with Crippen LogP contribution in [0.15, 0.2) is 12.1 Å². The highest BCUT2D eigenvalue weighted by molar-refractivity contribution is 6.32. The molecule has 0 heterocycles. The monoisotopic (exact) mass is 223 g/mol. The second-order valence-corrected chi connectivity index (χ2v) is 4.10. The third kappa shape index (κ3) is 2.64. The molecule has 0 aliphatic heterocycles. The van der Waals surface area contributed by atoms with Gasteiger partial charge in [0.1, 0.15) is 5.75 Å². The summed E-state index contributed by atoms with van der Waals surface area (Å²) in [5.74, 6) is 1.05. The molecule has 2 nitrogen and oxygen atoms in total. The van der Waals surface area contributed by atoms with E-state index in [2.05, 4.69) is 19.9 Å². The summed E-state index contributed by atoms with van der Waals surface area (Å²) in [6.07, 6.45) is 0.378. The topological polar surface area (TPSA) is 33.0 Å². The smallest absolute Gasteiger partial charge is 0.140 e. The van der Waals surface area contributed by atoms with Gasteiger partial charge < -0.3 is 4.74 Å². The summed E-state index contributed by atoms with van der Waals surface area (Å²) in [6.45, 7) is 4.15. The van der Waals surface area contributed by atoms with E-state index < -0.39 is 0 Å². The molecule has 0 spiro atoms. The highest BCUT2D eigenvalue weighted by Gasteiger charge is 2.12. The molecule has 0 fully saturated rings. The van der Waals surface area contributed by atoms with E-state index in [0.717, 1.165) is 11.1 Å². The number of nitrogens with zero attached hydrogens (tertiary/aromatic N) is 1. The molecular formula is C12H14ClNO. The molecule has 1 aromatic carbocycles. The first-order valence-corrected chi connectivity index (χ1v) is 5.21. The fourth-order valence-corrected chi connectivity index (χ4v) is 1.84. The molecule has 0 radical (unpaired) electrons. The molecule has 0 aliphatic rings. The molecule has 0 bridgehead atoms. The Morgan fingerprint density at radius 2 is 2.13 bits per heavy atom. The zero-order valence-corrected chi connectivity index (χ0v) is 9.93. The average molecular weight is 224 g/mol. The number of methoxy groups -OCH3 is 1. The third-order valence-electron chi connectivity index (χ3n) is 2.24. The van der Waals surface area contributed by atoms with E-state index in [1.54, 1.807) is 13.2 Å². The first-order valence-electron chi connectivity index (χ1n) is 4.83. The van der Waals surface area contributed by atoms with Crippen LogP contribution >= 0.6 is 11.6 Å². The van der Waals surface area contributed by atoms with Gasteiger partial charge in [-0.3, -0.25) is 0 Å². The van der Waals surface area contributed by atoms with Gasteiger partial charge in [-0.15, -0.1) is 0 Å². The number of hydrogen-bond acceptors (Lipinski definition) is 2. The van der Waals surface area contributed by atoms with Crippen LogP contribution in [0.1, 0.15) is 30.9 Å². The number of ether oxygens (including phenoxy) is 1. The summed E-state index contributed by atoms with van der Waals surface area (Å²) in [5.41, 5.74) is 1.99. The van der Waals surface area contributed by atoms with Crippen LogP contribution in [0.3, 0.4) is 0 Å². The van der Waals surface area contributed by atoms with E-state index in [1.165, 1.54) is 0 Å². The van der Waals surface area contributed by atoms with E-state index in [-0.39, 0.29) is 0 Å². The number of hydrogen-bond donors (Lipinski definition) is 0. The number of benzene rings is 1. The second-order valence-electron chi connectivity index (χ2n) is 3.69. The van der Waals surface area contributed by atoms with E-state index in [0.29, 0.717) is 23.1 Å². The van der Waals surface area contributed by atoms with Gasteiger partial charge in [0.25, 0.3) is 0 Å². The molecule has 0 saturated heterocycles. The first kappa shape index (κ1) is 11.9. The summed E-state index contributed by atoms with van der Waals surface area (Å²) in [6, 6.07) is 5.89. The lowest BCUT2D eigenvalue weighted by atomic mass is 9.98. The summed E-state index contributed by atoms with van der Waals surface area (Å²) in [5, 5.41) is 9.22. The molecule has 0 aliphatic carbocycles. The van der Waals surface area contributed by atoms with Crippen LogP contribution in [0.25, 0.3) is 0 Å². The largest absolute Gasteiger partial charge is 0.495 e. The normalized spacial score (nSPS) is 10.1. The number of rotatable bonds is 3. The van der Waals surface area contributed by atoms with Crippen molar-refractivity contribution in [3.05, 3.63) is 28.3 Å². The van der Waals surface area contributed by atoms with Crippen molar-refractivity contribution in [1.82, 2.24) is 0 Å². The number of nitriles is 1. The predicted octanol–water partition coefficient (Wildman–Crippen LogP) is 3.54. The van der Waals surface area contributed by atoms with Crippen LogP contribution < -0.4 is 4.74 Å². The Hall–Kier alpha value is -1.20. The Morgan fingerprint density at radius 1 is 1.47 bits per heavy atom. The van der Waals surface area contributed by atoms with Gasteiger partial charge in [0, 0.05) is 0 Å². The van der Waals surface area contributed by atoms with Gasteiger partial charge in [-0.25, -0.2) is 0 Å². The molecule has 0 unspecified atom stereocenters. The van der Waals surface area contributed by atoms with E-state index in [9.17, 15) is 0 Å². The van der Waals surface area contributed by atoms with Crippen LogP contribution in [0.2, 0.25) is 5.02 Å². The average Bonchev–Trinajstić information content (AvgIpc) is 2.17. The highest BCUT2D eigenvalue weighted by atomic mass is 35.5. The van der Waals surface area contributed by atoms with Gasteiger partial charge in [0.15, 0.2) is 0 Å². The van der Waals surface area contributed by atoms with Gasteiger partial charge in [0.05, 0.1) is 24.6 Å². The van der Waals surface area contributed by atoms with Crippen molar-refractivity contribution in [1.29, 1.82) is 5.26 Å². The molecule has 1 rings (SSSR count). The van der Waals surface area contributed by atoms with E-state index in [4.69, 9.17) is 21.6 Å². The zero-order chi connectivity index (χ0) is 11.4. The minimum absolute atomic E-state index is 0.330. The number of halogens is 1. The van der Waals surface area contributed by atoms with Gasteiger partial charge in [-0.2, -0.15) is 5.26 Å². The summed E-state index contributed by atoms with van der Waals surface area (Å²) in [4.78, 5) is 0. The molecule has 0 N–H and O–H groups in total. The molecule has 0 amide bonds. The summed E-state index contributed by atoms with van der Waals surface area (Å²) < 4.78 is 5.26. The minimum atomic E-state index is 0.330. The summed E-state index contributed by atoms with van der Waals surface area (Å²) in [7, 11) is 1.61. The van der Waals surface area contributed by atoms with Crippen molar-refractivity contribution in [2.75, 3.05) is 7.11 Å².